The lowest BCUT2D eigenvalue weighted by Gasteiger charge is -2.28. The van der Waals surface area contributed by atoms with Gasteiger partial charge in [-0.05, 0) is 32.9 Å². The molecule has 0 unspecified atom stereocenters. The van der Waals surface area contributed by atoms with E-state index in [1.807, 2.05) is 0 Å². The zero-order valence-corrected chi connectivity index (χ0v) is 23.6. The minimum atomic E-state index is -4.52. The molecule has 1 aliphatic heterocycles. The molecule has 218 valence electrons. The summed E-state index contributed by atoms with van der Waals surface area (Å²) in [6, 6.07) is 6.57. The van der Waals surface area contributed by atoms with Crippen LogP contribution in [0.5, 0.6) is 5.75 Å². The summed E-state index contributed by atoms with van der Waals surface area (Å²) < 4.78 is 67.7. The molecule has 0 spiro atoms. The number of imidazole rings is 1. The number of halogens is 2. The Morgan fingerprint density at radius 1 is 1.30 bits per heavy atom. The van der Waals surface area contributed by atoms with E-state index in [9.17, 15) is 14.5 Å². The number of aliphatic hydroxyl groups excluding tert-OH is 1. The molecule has 1 aliphatic rings. The van der Waals surface area contributed by atoms with Crippen LogP contribution in [0.1, 0.15) is 25.9 Å². The first kappa shape index (κ1) is 29.7. The number of carbonyl (C=O) groups is 1. The highest BCUT2D eigenvalue weighted by Gasteiger charge is 2.65. The third-order valence-electron chi connectivity index (χ3n) is 6.23. The number of nitrogens with zero attached hydrogens (tertiary/aromatic N) is 5. The van der Waals surface area contributed by atoms with Crippen molar-refractivity contribution in [2.75, 3.05) is 32.7 Å². The average Bonchev–Trinajstić information content (AvgIpc) is 3.39. The van der Waals surface area contributed by atoms with Gasteiger partial charge in [0.25, 0.3) is 5.85 Å². The highest BCUT2D eigenvalue weighted by Crippen LogP contribution is 2.52. The number of esters is 1. The first-order chi connectivity index (χ1) is 18.7. The van der Waals surface area contributed by atoms with Gasteiger partial charge >= 0.3 is 13.7 Å². The maximum Gasteiger partial charge on any atom is 0.459 e. The Labute approximate surface area is 229 Å². The standard InChI is InChI=1S/C24H31F2N6O7P/c1-14(20(33)36-6)30-40(35,39-16-10-8-7-9-11-16)37-12-24(26)21(34)23(3,25)22(38-24)32-13-27-17-18(31(4)5)28-15(2)29-19(17)32/h7-11,13-14,21-22,34H,12H2,1-6H3,(H,30,35)/t14-,21-,22+,23+,24+,40+/m0/s1. The quantitative estimate of drug-likeness (QED) is 0.266. The van der Waals surface area contributed by atoms with Gasteiger partial charge in [-0.3, -0.25) is 13.9 Å². The first-order valence-electron chi connectivity index (χ1n) is 12.2. The monoisotopic (exact) mass is 584 g/mol. The Hall–Kier alpha value is -3.23. The van der Waals surface area contributed by atoms with Crippen LogP contribution in [0.25, 0.3) is 11.2 Å². The maximum atomic E-state index is 16.2. The number of hydrogen-bond acceptors (Lipinski definition) is 11. The number of ether oxygens (including phenoxy) is 2. The number of benzene rings is 1. The van der Waals surface area contributed by atoms with Gasteiger partial charge in [0.05, 0.1) is 13.4 Å². The van der Waals surface area contributed by atoms with Gasteiger partial charge in [-0.2, -0.15) is 5.09 Å². The maximum absolute atomic E-state index is 16.2. The van der Waals surface area contributed by atoms with E-state index in [0.29, 0.717) is 17.2 Å². The predicted octanol–water partition coefficient (Wildman–Crippen LogP) is 2.84. The van der Waals surface area contributed by atoms with Gasteiger partial charge in [-0.25, -0.2) is 28.3 Å². The summed E-state index contributed by atoms with van der Waals surface area (Å²) >= 11 is 0. The molecule has 1 saturated heterocycles. The van der Waals surface area contributed by atoms with Crippen molar-refractivity contribution in [3.63, 3.8) is 0 Å². The molecule has 6 atom stereocenters. The SMILES string of the molecule is COC(=O)[C@H](C)N[P@@](=O)(OC[C@@]1(F)O[C@@H](n2cnc3c(N(C)C)nc(C)nc32)[C@](C)(F)[C@@H]1O)Oc1ccccc1. The van der Waals surface area contributed by atoms with Crippen LogP contribution in [0.15, 0.2) is 36.7 Å². The fraction of sp³-hybridized carbons (Fsp3) is 0.500. The number of para-hydroxylation sites is 1. The molecular weight excluding hydrogens is 553 g/mol. The van der Waals surface area contributed by atoms with Gasteiger partial charge in [0, 0.05) is 14.1 Å². The summed E-state index contributed by atoms with van der Waals surface area (Å²) in [5.41, 5.74) is -2.27. The zero-order chi connectivity index (χ0) is 29.5. The van der Waals surface area contributed by atoms with Crippen LogP contribution in [0, 0.1) is 6.92 Å². The van der Waals surface area contributed by atoms with E-state index in [4.69, 9.17) is 13.8 Å². The molecule has 2 N–H and O–H groups in total. The number of aromatic nitrogens is 4. The molecule has 0 aliphatic carbocycles. The molecule has 13 nitrogen and oxygen atoms in total. The molecular formula is C24H31F2N6O7P. The molecule has 4 rings (SSSR count). The smallest absolute Gasteiger partial charge is 0.459 e. The van der Waals surface area contributed by atoms with E-state index in [2.05, 4.69) is 24.8 Å². The lowest BCUT2D eigenvalue weighted by molar-refractivity contribution is -0.202. The van der Waals surface area contributed by atoms with Crippen LogP contribution in [0.2, 0.25) is 0 Å². The minimum Gasteiger partial charge on any atom is -0.468 e. The lowest BCUT2D eigenvalue weighted by Crippen LogP contribution is -2.47. The van der Waals surface area contributed by atoms with Crippen LogP contribution in [0.4, 0.5) is 14.6 Å². The number of anilines is 1. The number of hydrogen-bond donors (Lipinski definition) is 2. The van der Waals surface area contributed by atoms with Crippen molar-refractivity contribution in [1.29, 1.82) is 0 Å². The number of rotatable bonds is 10. The molecule has 0 bridgehead atoms. The molecule has 2 aromatic heterocycles. The molecule has 1 fully saturated rings. The fourth-order valence-electron chi connectivity index (χ4n) is 4.20. The number of aryl methyl sites for hydroxylation is 1. The summed E-state index contributed by atoms with van der Waals surface area (Å²) in [5.74, 6) is -3.15. The Morgan fingerprint density at radius 3 is 2.60 bits per heavy atom. The summed E-state index contributed by atoms with van der Waals surface area (Å²) in [6.45, 7) is 2.67. The molecule has 0 amide bonds. The minimum absolute atomic E-state index is 0.0704. The van der Waals surface area contributed by atoms with Crippen molar-refractivity contribution in [3.8, 4) is 5.75 Å². The van der Waals surface area contributed by atoms with Crippen molar-refractivity contribution in [2.24, 2.45) is 0 Å². The van der Waals surface area contributed by atoms with Gasteiger partial charge in [0.2, 0.25) is 0 Å². The van der Waals surface area contributed by atoms with E-state index < -0.39 is 50.2 Å². The molecule has 0 radical (unpaired) electrons. The van der Waals surface area contributed by atoms with Gasteiger partial charge < -0.3 is 24.0 Å². The second kappa shape index (κ2) is 11.0. The molecule has 0 saturated carbocycles. The van der Waals surface area contributed by atoms with Crippen LogP contribution in [-0.4, -0.2) is 82.1 Å². The molecule has 3 aromatic rings. The van der Waals surface area contributed by atoms with Crippen molar-refractivity contribution >= 4 is 30.7 Å². The number of methoxy groups -OCH3 is 1. The number of aliphatic hydroxyl groups is 1. The first-order valence-corrected chi connectivity index (χ1v) is 13.7. The van der Waals surface area contributed by atoms with E-state index in [1.54, 1.807) is 44.1 Å². The number of nitrogens with one attached hydrogen (secondary N) is 1. The van der Waals surface area contributed by atoms with E-state index >= 15 is 8.78 Å². The number of alkyl halides is 2. The highest BCUT2D eigenvalue weighted by molar-refractivity contribution is 7.52. The molecule has 3 heterocycles. The Balaban J connectivity index is 1.64. The summed E-state index contributed by atoms with van der Waals surface area (Å²) in [6.07, 6.45) is -2.94. The van der Waals surface area contributed by atoms with Gasteiger partial charge in [-0.1, -0.05) is 18.2 Å². The van der Waals surface area contributed by atoms with Crippen molar-refractivity contribution in [1.82, 2.24) is 24.6 Å². The van der Waals surface area contributed by atoms with Crippen molar-refractivity contribution in [3.05, 3.63) is 42.5 Å². The van der Waals surface area contributed by atoms with Gasteiger partial charge in [0.15, 0.2) is 35.0 Å². The van der Waals surface area contributed by atoms with Crippen molar-refractivity contribution in [2.45, 2.75) is 50.7 Å². The summed E-state index contributed by atoms with van der Waals surface area (Å²) in [5, 5.41) is 13.1. The third-order valence-corrected chi connectivity index (χ3v) is 7.85. The summed E-state index contributed by atoms with van der Waals surface area (Å²) in [4.78, 5) is 26.5. The normalized spacial score (nSPS) is 26.8. The molecule has 16 heteroatoms. The lowest BCUT2D eigenvalue weighted by atomic mass is 9.97. The van der Waals surface area contributed by atoms with Crippen LogP contribution in [0.3, 0.4) is 0 Å². The fourth-order valence-corrected chi connectivity index (χ4v) is 5.71. The van der Waals surface area contributed by atoms with Crippen LogP contribution >= 0.6 is 7.75 Å². The van der Waals surface area contributed by atoms with Crippen molar-refractivity contribution < 1.29 is 41.8 Å². The molecule has 40 heavy (non-hydrogen) atoms. The summed E-state index contributed by atoms with van der Waals surface area (Å²) in [7, 11) is 0.0845. The zero-order valence-electron chi connectivity index (χ0n) is 22.7. The third kappa shape index (κ3) is 5.65. The van der Waals surface area contributed by atoms with E-state index in [1.165, 1.54) is 25.4 Å². The highest BCUT2D eigenvalue weighted by atomic mass is 31.2. The van der Waals surface area contributed by atoms with E-state index in [0.717, 1.165) is 18.6 Å². The predicted molar refractivity (Wildman–Crippen MR) is 139 cm³/mol. The molecule has 1 aromatic carbocycles. The largest absolute Gasteiger partial charge is 0.468 e. The average molecular weight is 585 g/mol. The second-order valence-corrected chi connectivity index (χ2v) is 11.4. The number of fused-ring (bicyclic) bond motifs is 1. The Bertz CT molecular complexity index is 1430. The van der Waals surface area contributed by atoms with E-state index in [-0.39, 0.29) is 11.4 Å². The Kier molecular flexibility index (Phi) is 8.16. The topological polar surface area (TPSA) is 150 Å². The van der Waals surface area contributed by atoms with Crippen LogP contribution < -0.4 is 14.5 Å². The number of carbonyl (C=O) groups excluding carboxylic acids is 1. The van der Waals surface area contributed by atoms with Gasteiger partial charge in [0.1, 0.15) is 24.2 Å². The Morgan fingerprint density at radius 2 is 1.98 bits per heavy atom. The van der Waals surface area contributed by atoms with Gasteiger partial charge in [-0.15, -0.1) is 0 Å². The van der Waals surface area contributed by atoms with Crippen LogP contribution in [-0.2, 0) is 23.4 Å². The second-order valence-electron chi connectivity index (χ2n) is 9.67.